The number of nitrogens with zero attached hydrogens (tertiary/aromatic N) is 4. The van der Waals surface area contributed by atoms with Crippen molar-refractivity contribution >= 4 is 17.1 Å². The largest absolute Gasteiger partial charge is 0.352 e. The molecule has 1 aliphatic heterocycles. The molecule has 3 rings (SSSR count). The van der Waals surface area contributed by atoms with Gasteiger partial charge in [0.15, 0.2) is 0 Å². The summed E-state index contributed by atoms with van der Waals surface area (Å²) in [7, 11) is 2.02. The summed E-state index contributed by atoms with van der Waals surface area (Å²) in [4.78, 5) is 4.35. The molecule has 4 heteroatoms. The molecule has 0 unspecified atom stereocenters. The molecule has 4 nitrogen and oxygen atoms in total. The van der Waals surface area contributed by atoms with E-state index in [4.69, 9.17) is 0 Å². The van der Waals surface area contributed by atoms with E-state index in [9.17, 15) is 10.5 Å². The van der Waals surface area contributed by atoms with E-state index >= 15 is 0 Å². The van der Waals surface area contributed by atoms with Gasteiger partial charge in [-0.05, 0) is 56.5 Å². The van der Waals surface area contributed by atoms with Crippen LogP contribution in [0.3, 0.4) is 0 Å². The minimum Gasteiger partial charge on any atom is -0.352 e. The van der Waals surface area contributed by atoms with E-state index in [1.165, 1.54) is 11.1 Å². The predicted octanol–water partition coefficient (Wildman–Crippen LogP) is 4.29. The van der Waals surface area contributed by atoms with Gasteiger partial charge in [0, 0.05) is 12.7 Å². The first-order chi connectivity index (χ1) is 11.4. The van der Waals surface area contributed by atoms with Crippen molar-refractivity contribution in [2.45, 2.75) is 33.9 Å². The average molecular weight is 316 g/mol. The maximum atomic E-state index is 9.70. The highest BCUT2D eigenvalue weighted by molar-refractivity contribution is 5.90. The predicted molar refractivity (Wildman–Crippen MR) is 96.5 cm³/mol. The molecule has 0 aromatic heterocycles. The maximum absolute atomic E-state index is 9.70. The van der Waals surface area contributed by atoms with Gasteiger partial charge < -0.3 is 9.80 Å². The monoisotopic (exact) mass is 316 g/mol. The molecule has 2 aromatic carbocycles. The molecular formula is C20H20N4. The van der Waals surface area contributed by atoms with E-state index in [0.29, 0.717) is 11.1 Å². The van der Waals surface area contributed by atoms with E-state index in [-0.39, 0.29) is 6.17 Å². The third-order valence-electron chi connectivity index (χ3n) is 5.09. The summed E-state index contributed by atoms with van der Waals surface area (Å²) in [6.07, 6.45) is 0.0697. The van der Waals surface area contributed by atoms with Crippen molar-refractivity contribution in [3.05, 3.63) is 52.1 Å². The van der Waals surface area contributed by atoms with E-state index in [2.05, 4.69) is 61.8 Å². The van der Waals surface area contributed by atoms with Crippen molar-refractivity contribution in [2.24, 2.45) is 0 Å². The SMILES string of the molecule is Cc1ccc(C)c(N2c3c(ccc(C#N)c3C#N)N(C)[C@@H]2C)c1C. The zero-order valence-electron chi connectivity index (χ0n) is 14.7. The Balaban J connectivity index is 2.37. The van der Waals surface area contributed by atoms with E-state index in [0.717, 1.165) is 22.6 Å². The first-order valence-electron chi connectivity index (χ1n) is 7.98. The Hall–Kier alpha value is -2.98. The van der Waals surface area contributed by atoms with Crippen LogP contribution >= 0.6 is 0 Å². The lowest BCUT2D eigenvalue weighted by Gasteiger charge is -2.31. The summed E-state index contributed by atoms with van der Waals surface area (Å²) in [6.45, 7) is 8.42. The number of nitriles is 2. The van der Waals surface area contributed by atoms with Gasteiger partial charge in [0.05, 0.1) is 22.5 Å². The lowest BCUT2D eigenvalue weighted by atomic mass is 10.00. The van der Waals surface area contributed by atoms with Crippen molar-refractivity contribution in [1.82, 2.24) is 0 Å². The Kier molecular flexibility index (Phi) is 3.70. The van der Waals surface area contributed by atoms with Gasteiger partial charge in [0.1, 0.15) is 18.3 Å². The molecule has 0 N–H and O–H groups in total. The van der Waals surface area contributed by atoms with Gasteiger partial charge >= 0.3 is 0 Å². The molecule has 0 saturated heterocycles. The molecule has 1 atom stereocenters. The standard InChI is InChI=1S/C20H20N4/c1-12-6-7-13(2)19(14(12)3)24-15(4)23(5)18-9-8-16(10-21)17(11-22)20(18)24/h6-9,15H,1-5H3/t15-/m0/s1. The molecule has 24 heavy (non-hydrogen) atoms. The molecule has 0 fully saturated rings. The van der Waals surface area contributed by atoms with Crippen LogP contribution < -0.4 is 9.80 Å². The topological polar surface area (TPSA) is 54.1 Å². The van der Waals surface area contributed by atoms with Gasteiger partial charge in [0.2, 0.25) is 0 Å². The normalized spacial score (nSPS) is 15.9. The van der Waals surface area contributed by atoms with Crippen LogP contribution in [0.2, 0.25) is 0 Å². The Morgan fingerprint density at radius 1 is 0.917 bits per heavy atom. The third kappa shape index (κ3) is 2.04. The van der Waals surface area contributed by atoms with Crippen LogP contribution in [-0.4, -0.2) is 13.2 Å². The second kappa shape index (κ2) is 5.58. The molecule has 0 amide bonds. The van der Waals surface area contributed by atoms with Gasteiger partial charge in [-0.1, -0.05) is 12.1 Å². The number of hydrogen-bond acceptors (Lipinski definition) is 4. The highest BCUT2D eigenvalue weighted by atomic mass is 15.4. The summed E-state index contributed by atoms with van der Waals surface area (Å²) in [5.74, 6) is 0. The fourth-order valence-electron chi connectivity index (χ4n) is 3.48. The van der Waals surface area contributed by atoms with Crippen LogP contribution in [0.25, 0.3) is 0 Å². The van der Waals surface area contributed by atoms with E-state index in [1.54, 1.807) is 6.07 Å². The molecular weight excluding hydrogens is 296 g/mol. The van der Waals surface area contributed by atoms with Crippen molar-refractivity contribution < 1.29 is 0 Å². The van der Waals surface area contributed by atoms with Crippen LogP contribution in [0, 0.1) is 43.4 Å². The number of hydrogen-bond donors (Lipinski definition) is 0. The Morgan fingerprint density at radius 2 is 1.58 bits per heavy atom. The van der Waals surface area contributed by atoms with Crippen LogP contribution in [0.5, 0.6) is 0 Å². The van der Waals surface area contributed by atoms with Crippen LogP contribution in [0.1, 0.15) is 34.7 Å². The molecule has 2 aromatic rings. The maximum Gasteiger partial charge on any atom is 0.103 e. The zero-order chi connectivity index (χ0) is 17.6. The summed E-state index contributed by atoms with van der Waals surface area (Å²) in [5.41, 5.74) is 7.40. The molecule has 1 heterocycles. The Bertz CT molecular complexity index is 915. The molecule has 120 valence electrons. The van der Waals surface area contributed by atoms with Gasteiger partial charge in [-0.25, -0.2) is 0 Å². The summed E-state index contributed by atoms with van der Waals surface area (Å²) < 4.78 is 0. The zero-order valence-corrected chi connectivity index (χ0v) is 14.7. The number of anilines is 3. The van der Waals surface area contributed by atoms with Crippen molar-refractivity contribution in [1.29, 1.82) is 10.5 Å². The lowest BCUT2D eigenvalue weighted by molar-refractivity contribution is 0.730. The molecule has 0 aliphatic carbocycles. The Labute approximate surface area is 143 Å². The van der Waals surface area contributed by atoms with Crippen molar-refractivity contribution in [3.8, 4) is 12.1 Å². The van der Waals surface area contributed by atoms with Crippen LogP contribution in [0.15, 0.2) is 24.3 Å². The minimum absolute atomic E-state index is 0.0697. The Morgan fingerprint density at radius 3 is 2.21 bits per heavy atom. The smallest absolute Gasteiger partial charge is 0.103 e. The number of rotatable bonds is 1. The van der Waals surface area contributed by atoms with Crippen LogP contribution in [0.4, 0.5) is 17.1 Å². The van der Waals surface area contributed by atoms with E-state index < -0.39 is 0 Å². The first kappa shape index (κ1) is 15.9. The molecule has 0 radical (unpaired) electrons. The van der Waals surface area contributed by atoms with Crippen LogP contribution in [-0.2, 0) is 0 Å². The molecule has 0 saturated carbocycles. The number of benzene rings is 2. The van der Waals surface area contributed by atoms with Gasteiger partial charge in [-0.15, -0.1) is 0 Å². The quantitative estimate of drug-likeness (QED) is 0.787. The van der Waals surface area contributed by atoms with Crippen molar-refractivity contribution in [2.75, 3.05) is 16.8 Å². The third-order valence-corrected chi connectivity index (χ3v) is 5.09. The van der Waals surface area contributed by atoms with Crippen molar-refractivity contribution in [3.63, 3.8) is 0 Å². The number of aryl methyl sites for hydroxylation is 2. The van der Waals surface area contributed by atoms with Gasteiger partial charge in [0.25, 0.3) is 0 Å². The van der Waals surface area contributed by atoms with Gasteiger partial charge in [-0.2, -0.15) is 10.5 Å². The summed E-state index contributed by atoms with van der Waals surface area (Å²) >= 11 is 0. The summed E-state index contributed by atoms with van der Waals surface area (Å²) in [6, 6.07) is 12.3. The number of fused-ring (bicyclic) bond motifs is 1. The minimum atomic E-state index is 0.0697. The second-order valence-electron chi connectivity index (χ2n) is 6.37. The summed E-state index contributed by atoms with van der Waals surface area (Å²) in [5, 5.41) is 19.1. The highest BCUT2D eigenvalue weighted by Crippen LogP contribution is 2.48. The molecule has 0 bridgehead atoms. The average Bonchev–Trinajstić information content (AvgIpc) is 2.83. The molecule has 1 aliphatic rings. The highest BCUT2D eigenvalue weighted by Gasteiger charge is 2.36. The van der Waals surface area contributed by atoms with E-state index in [1.807, 2.05) is 13.1 Å². The first-order valence-corrected chi connectivity index (χ1v) is 7.98. The second-order valence-corrected chi connectivity index (χ2v) is 6.37. The fourth-order valence-corrected chi connectivity index (χ4v) is 3.48. The lowest BCUT2D eigenvalue weighted by Crippen LogP contribution is -2.36. The molecule has 0 spiro atoms. The fraction of sp³-hybridized carbons (Fsp3) is 0.300. The van der Waals surface area contributed by atoms with Gasteiger partial charge in [-0.3, -0.25) is 0 Å².